The molecule has 0 radical (unpaired) electrons. The zero-order valence-corrected chi connectivity index (χ0v) is 20.3. The Balaban J connectivity index is 1.93. The number of rotatable bonds is 10. The number of hydrogen-bond donors (Lipinski definition) is 1. The third kappa shape index (κ3) is 6.57. The van der Waals surface area contributed by atoms with Crippen molar-refractivity contribution >= 4 is 23.2 Å². The summed E-state index contributed by atoms with van der Waals surface area (Å²) in [4.78, 5) is 29.8. The number of benzene rings is 2. The van der Waals surface area contributed by atoms with Gasteiger partial charge in [-0.2, -0.15) is 0 Å². The summed E-state index contributed by atoms with van der Waals surface area (Å²) in [5.41, 5.74) is 3.83. The summed E-state index contributed by atoms with van der Waals surface area (Å²) in [6.07, 6.45) is 3.22. The van der Waals surface area contributed by atoms with Crippen molar-refractivity contribution in [1.29, 1.82) is 0 Å². The molecule has 1 saturated heterocycles. The molecule has 178 valence electrons. The van der Waals surface area contributed by atoms with Crippen LogP contribution in [0.3, 0.4) is 0 Å². The van der Waals surface area contributed by atoms with E-state index in [1.165, 1.54) is 0 Å². The van der Waals surface area contributed by atoms with Crippen LogP contribution in [0.25, 0.3) is 0 Å². The van der Waals surface area contributed by atoms with Crippen LogP contribution in [0.5, 0.6) is 0 Å². The predicted molar refractivity (Wildman–Crippen MR) is 134 cm³/mol. The molecule has 1 aliphatic rings. The Morgan fingerprint density at radius 2 is 1.88 bits per heavy atom. The van der Waals surface area contributed by atoms with Crippen molar-refractivity contribution in [2.45, 2.75) is 58.1 Å². The fraction of sp³-hybridized carbons (Fsp3) is 0.481. The third-order valence-electron chi connectivity index (χ3n) is 6.20. The van der Waals surface area contributed by atoms with Crippen LogP contribution in [-0.2, 0) is 20.9 Å². The number of nitrogens with one attached hydrogen (secondary N) is 1. The molecule has 0 aromatic heterocycles. The van der Waals surface area contributed by atoms with Gasteiger partial charge in [0, 0.05) is 51.6 Å². The molecular formula is C27H37N3O3. The lowest BCUT2D eigenvalue weighted by Gasteiger charge is -2.31. The first-order valence-corrected chi connectivity index (χ1v) is 12.0. The van der Waals surface area contributed by atoms with Gasteiger partial charge in [0.1, 0.15) is 0 Å². The van der Waals surface area contributed by atoms with Gasteiger partial charge in [-0.25, -0.2) is 0 Å². The van der Waals surface area contributed by atoms with E-state index >= 15 is 0 Å². The summed E-state index contributed by atoms with van der Waals surface area (Å²) < 4.78 is 5.90. The van der Waals surface area contributed by atoms with Crippen molar-refractivity contribution in [1.82, 2.24) is 4.90 Å². The first kappa shape index (κ1) is 24.8. The highest BCUT2D eigenvalue weighted by Gasteiger charge is 2.29. The predicted octanol–water partition coefficient (Wildman–Crippen LogP) is 4.80. The summed E-state index contributed by atoms with van der Waals surface area (Å²) in [6.45, 7) is 5.68. The minimum atomic E-state index is -0.196. The van der Waals surface area contributed by atoms with Crippen molar-refractivity contribution in [3.63, 3.8) is 0 Å². The van der Waals surface area contributed by atoms with Crippen molar-refractivity contribution in [2.24, 2.45) is 0 Å². The maximum Gasteiger partial charge on any atom is 0.230 e. The minimum Gasteiger partial charge on any atom is -0.377 e. The second-order valence-corrected chi connectivity index (χ2v) is 8.86. The molecule has 2 aromatic rings. The van der Waals surface area contributed by atoms with Gasteiger partial charge < -0.3 is 19.9 Å². The Hall–Kier alpha value is -2.86. The highest BCUT2D eigenvalue weighted by atomic mass is 16.5. The smallest absolute Gasteiger partial charge is 0.230 e. The molecule has 0 aliphatic carbocycles. The van der Waals surface area contributed by atoms with Gasteiger partial charge in [-0.3, -0.25) is 9.59 Å². The highest BCUT2D eigenvalue weighted by molar-refractivity contribution is 5.91. The van der Waals surface area contributed by atoms with Gasteiger partial charge in [-0.1, -0.05) is 44.2 Å². The van der Waals surface area contributed by atoms with Crippen LogP contribution in [0.2, 0.25) is 0 Å². The average molecular weight is 452 g/mol. The Morgan fingerprint density at radius 3 is 2.48 bits per heavy atom. The first-order valence-electron chi connectivity index (χ1n) is 12.0. The van der Waals surface area contributed by atoms with Gasteiger partial charge >= 0.3 is 0 Å². The molecule has 2 aromatic carbocycles. The zero-order chi connectivity index (χ0) is 23.8. The molecule has 1 aliphatic heterocycles. The molecule has 0 saturated carbocycles. The maximum absolute atomic E-state index is 13.8. The molecule has 2 atom stereocenters. The summed E-state index contributed by atoms with van der Waals surface area (Å²) in [6, 6.07) is 15.9. The molecule has 2 amide bonds. The van der Waals surface area contributed by atoms with Crippen LogP contribution < -0.4 is 10.2 Å². The van der Waals surface area contributed by atoms with Crippen LogP contribution in [-0.4, -0.2) is 50.1 Å². The van der Waals surface area contributed by atoms with Crippen molar-refractivity contribution in [2.75, 3.05) is 37.5 Å². The Kier molecular flexibility index (Phi) is 8.89. The Bertz CT molecular complexity index is 923. The Morgan fingerprint density at radius 1 is 1.12 bits per heavy atom. The van der Waals surface area contributed by atoms with Gasteiger partial charge in [0.25, 0.3) is 0 Å². The molecule has 1 heterocycles. The van der Waals surface area contributed by atoms with Crippen LogP contribution in [0.1, 0.15) is 56.6 Å². The molecule has 33 heavy (non-hydrogen) atoms. The van der Waals surface area contributed by atoms with Crippen LogP contribution in [0, 0.1) is 0 Å². The summed E-state index contributed by atoms with van der Waals surface area (Å²) in [5.74, 6) is -0.105. The van der Waals surface area contributed by atoms with E-state index in [4.69, 9.17) is 4.74 Å². The monoisotopic (exact) mass is 451 g/mol. The van der Waals surface area contributed by atoms with E-state index < -0.39 is 0 Å². The quantitative estimate of drug-likeness (QED) is 0.564. The number of carbonyl (C=O) groups is 2. The fourth-order valence-corrected chi connectivity index (χ4v) is 4.41. The summed E-state index contributed by atoms with van der Waals surface area (Å²) in [5, 5.41) is 2.95. The minimum absolute atomic E-state index is 0.0269. The van der Waals surface area contributed by atoms with Gasteiger partial charge in [0.2, 0.25) is 11.8 Å². The molecule has 6 nitrogen and oxygen atoms in total. The molecule has 0 spiro atoms. The molecular weight excluding hydrogens is 414 g/mol. The molecule has 0 unspecified atom stereocenters. The lowest BCUT2D eigenvalue weighted by Crippen LogP contribution is -2.40. The lowest BCUT2D eigenvalue weighted by atomic mass is 9.94. The second-order valence-electron chi connectivity index (χ2n) is 8.86. The number of nitrogens with zero attached hydrogens (tertiary/aromatic N) is 2. The standard InChI is InChI=1S/C27H37N3O3/c1-5-24(20-11-8-7-9-12-20)27(32)30(19-23-13-10-16-33-23)18-21-17-22(28-26(31)6-2)14-15-25(21)29(3)4/h7-9,11-12,14-15,17,23-24H,5-6,10,13,16,18-19H2,1-4H3,(H,28,31)/t23-,24+/m0/s1. The van der Waals surface area contributed by atoms with E-state index in [9.17, 15) is 9.59 Å². The van der Waals surface area contributed by atoms with Crippen molar-refractivity contribution in [3.05, 3.63) is 59.7 Å². The number of ether oxygens (including phenoxy) is 1. The van der Waals surface area contributed by atoms with Gasteiger partial charge in [-0.15, -0.1) is 0 Å². The molecule has 1 N–H and O–H groups in total. The van der Waals surface area contributed by atoms with Crippen molar-refractivity contribution in [3.8, 4) is 0 Å². The second kappa shape index (κ2) is 11.8. The maximum atomic E-state index is 13.8. The normalized spacial score (nSPS) is 16.3. The van der Waals surface area contributed by atoms with E-state index in [0.29, 0.717) is 19.5 Å². The molecule has 1 fully saturated rings. The topological polar surface area (TPSA) is 61.9 Å². The molecule has 0 bridgehead atoms. The molecule has 3 rings (SSSR count). The number of amides is 2. The highest BCUT2D eigenvalue weighted by Crippen LogP contribution is 2.29. The lowest BCUT2D eigenvalue weighted by molar-refractivity contribution is -0.135. The van der Waals surface area contributed by atoms with Gasteiger partial charge in [0.05, 0.1) is 12.0 Å². The van der Waals surface area contributed by atoms with Crippen LogP contribution in [0.4, 0.5) is 11.4 Å². The fourth-order valence-electron chi connectivity index (χ4n) is 4.41. The van der Waals surface area contributed by atoms with Gasteiger partial charge in [-0.05, 0) is 48.6 Å². The van der Waals surface area contributed by atoms with E-state index in [1.54, 1.807) is 0 Å². The number of hydrogen-bond acceptors (Lipinski definition) is 4. The number of carbonyl (C=O) groups excluding carboxylic acids is 2. The van der Waals surface area contributed by atoms with Gasteiger partial charge in [0.15, 0.2) is 0 Å². The number of anilines is 2. The van der Waals surface area contributed by atoms with E-state index in [1.807, 2.05) is 79.3 Å². The van der Waals surface area contributed by atoms with Crippen LogP contribution >= 0.6 is 0 Å². The SMILES string of the molecule is CCC(=O)Nc1ccc(N(C)C)c(CN(C[C@@H]2CCCO2)C(=O)[C@H](CC)c2ccccc2)c1. The van der Waals surface area contributed by atoms with E-state index in [2.05, 4.69) is 12.2 Å². The zero-order valence-electron chi connectivity index (χ0n) is 20.3. The largest absolute Gasteiger partial charge is 0.377 e. The third-order valence-corrected chi connectivity index (χ3v) is 6.20. The average Bonchev–Trinajstić information content (AvgIpc) is 3.33. The Labute approximate surface area is 197 Å². The van der Waals surface area contributed by atoms with Crippen molar-refractivity contribution < 1.29 is 14.3 Å². The summed E-state index contributed by atoms with van der Waals surface area (Å²) >= 11 is 0. The molecule has 6 heteroatoms. The summed E-state index contributed by atoms with van der Waals surface area (Å²) in [7, 11) is 3.99. The van der Waals surface area contributed by atoms with Crippen LogP contribution in [0.15, 0.2) is 48.5 Å². The van der Waals surface area contributed by atoms with E-state index in [-0.39, 0.29) is 23.8 Å². The van der Waals surface area contributed by atoms with E-state index in [0.717, 1.165) is 48.4 Å². The first-order chi connectivity index (χ1) is 15.9.